The summed E-state index contributed by atoms with van der Waals surface area (Å²) in [6.45, 7) is 2.04. The van der Waals surface area contributed by atoms with Gasteiger partial charge >= 0.3 is 0 Å². The summed E-state index contributed by atoms with van der Waals surface area (Å²) < 4.78 is 1.04. The number of halogens is 1. The molecule has 3 aromatic heterocycles. The molecule has 0 bridgehead atoms. The van der Waals surface area contributed by atoms with Gasteiger partial charge in [-0.3, -0.25) is 0 Å². The van der Waals surface area contributed by atoms with Crippen molar-refractivity contribution < 1.29 is 0 Å². The predicted molar refractivity (Wildman–Crippen MR) is 64.9 cm³/mol. The number of nitrogens with zero attached hydrogens (tertiary/aromatic N) is 4. The highest BCUT2D eigenvalue weighted by atomic mass is 35.5. The van der Waals surface area contributed by atoms with E-state index >= 15 is 0 Å². The lowest BCUT2D eigenvalue weighted by molar-refractivity contribution is 1.04. The summed E-state index contributed by atoms with van der Waals surface area (Å²) in [5.41, 5.74) is 2.58. The van der Waals surface area contributed by atoms with Gasteiger partial charge < -0.3 is 0 Å². The highest BCUT2D eigenvalue weighted by Crippen LogP contribution is 2.32. The Morgan fingerprint density at radius 2 is 2.00 bits per heavy atom. The van der Waals surface area contributed by atoms with E-state index in [0.717, 1.165) is 32.7 Å². The van der Waals surface area contributed by atoms with Gasteiger partial charge in [-0.15, -0.1) is 11.3 Å². The molecule has 0 radical (unpaired) electrons. The number of fused-ring (bicyclic) bond motifs is 3. The van der Waals surface area contributed by atoms with Crippen molar-refractivity contribution in [3.8, 4) is 0 Å². The van der Waals surface area contributed by atoms with Crippen LogP contribution in [0.4, 0.5) is 0 Å². The van der Waals surface area contributed by atoms with Crippen molar-refractivity contribution in [3.63, 3.8) is 0 Å². The SMILES string of the molecule is CCc1nc(Cl)nc2c1sc1nccnc12. The normalized spacial score (nSPS) is 11.4. The van der Waals surface area contributed by atoms with Crippen molar-refractivity contribution in [2.75, 3.05) is 0 Å². The van der Waals surface area contributed by atoms with Gasteiger partial charge in [0.25, 0.3) is 0 Å². The zero-order chi connectivity index (χ0) is 11.1. The Kier molecular flexibility index (Phi) is 2.22. The van der Waals surface area contributed by atoms with Crippen LogP contribution in [-0.4, -0.2) is 19.9 Å². The minimum absolute atomic E-state index is 0.273. The monoisotopic (exact) mass is 250 g/mol. The first-order valence-corrected chi connectivity index (χ1v) is 6.04. The lowest BCUT2D eigenvalue weighted by Crippen LogP contribution is -1.91. The Labute approximate surface area is 100 Å². The third-order valence-corrected chi connectivity index (χ3v) is 3.63. The molecule has 6 heteroatoms. The molecule has 4 nitrogen and oxygen atoms in total. The standard InChI is InChI=1S/C10H7ClN4S/c1-2-5-8-6(15-10(11)14-5)7-9(16-8)13-4-3-12-7/h3-4H,2H2,1H3. The first-order chi connectivity index (χ1) is 7.79. The molecule has 0 aliphatic carbocycles. The third-order valence-electron chi connectivity index (χ3n) is 2.33. The van der Waals surface area contributed by atoms with Gasteiger partial charge in [-0.1, -0.05) is 6.92 Å². The average molecular weight is 251 g/mol. The van der Waals surface area contributed by atoms with Gasteiger partial charge in [-0.2, -0.15) is 0 Å². The van der Waals surface area contributed by atoms with Crippen LogP contribution in [0.2, 0.25) is 5.28 Å². The van der Waals surface area contributed by atoms with Gasteiger partial charge in [0, 0.05) is 12.4 Å². The second kappa shape index (κ2) is 3.61. The van der Waals surface area contributed by atoms with E-state index in [1.54, 1.807) is 23.7 Å². The van der Waals surface area contributed by atoms with Crippen LogP contribution in [0.1, 0.15) is 12.6 Å². The minimum Gasteiger partial charge on any atom is -0.250 e. The molecule has 3 heterocycles. The van der Waals surface area contributed by atoms with E-state index in [9.17, 15) is 0 Å². The summed E-state index contributed by atoms with van der Waals surface area (Å²) in [6.07, 6.45) is 4.17. The Morgan fingerprint density at radius 1 is 1.19 bits per heavy atom. The van der Waals surface area contributed by atoms with Crippen molar-refractivity contribution in [1.82, 2.24) is 19.9 Å². The molecular weight excluding hydrogens is 244 g/mol. The molecule has 3 rings (SSSR count). The lowest BCUT2D eigenvalue weighted by atomic mass is 10.3. The van der Waals surface area contributed by atoms with Crippen molar-refractivity contribution in [2.45, 2.75) is 13.3 Å². The molecule has 0 saturated carbocycles. The van der Waals surface area contributed by atoms with E-state index in [0.29, 0.717) is 0 Å². The van der Waals surface area contributed by atoms with Crippen LogP contribution in [0.15, 0.2) is 12.4 Å². The molecular formula is C10H7ClN4S. The maximum atomic E-state index is 5.89. The Morgan fingerprint density at radius 3 is 2.81 bits per heavy atom. The lowest BCUT2D eigenvalue weighted by Gasteiger charge is -1.97. The molecule has 0 aliphatic heterocycles. The highest BCUT2D eigenvalue weighted by molar-refractivity contribution is 7.25. The van der Waals surface area contributed by atoms with E-state index in [-0.39, 0.29) is 5.28 Å². The van der Waals surface area contributed by atoms with Gasteiger partial charge in [-0.05, 0) is 18.0 Å². The van der Waals surface area contributed by atoms with Gasteiger partial charge in [0.2, 0.25) is 5.28 Å². The van der Waals surface area contributed by atoms with E-state index < -0.39 is 0 Å². The predicted octanol–water partition coefficient (Wildman–Crippen LogP) is 2.85. The maximum absolute atomic E-state index is 5.89. The number of rotatable bonds is 1. The molecule has 0 aliphatic rings. The average Bonchev–Trinajstić information content (AvgIpc) is 2.67. The maximum Gasteiger partial charge on any atom is 0.223 e. The number of thiophene rings is 1. The quantitative estimate of drug-likeness (QED) is 0.623. The van der Waals surface area contributed by atoms with Crippen LogP contribution in [0.5, 0.6) is 0 Å². The van der Waals surface area contributed by atoms with Crippen molar-refractivity contribution in [1.29, 1.82) is 0 Å². The molecule has 0 N–H and O–H groups in total. The number of hydrogen-bond acceptors (Lipinski definition) is 5. The molecule has 0 fully saturated rings. The fraction of sp³-hybridized carbons (Fsp3) is 0.200. The molecule has 16 heavy (non-hydrogen) atoms. The molecule has 0 spiro atoms. The number of aromatic nitrogens is 4. The van der Waals surface area contributed by atoms with E-state index in [1.165, 1.54) is 0 Å². The smallest absolute Gasteiger partial charge is 0.223 e. The molecule has 0 aromatic carbocycles. The topological polar surface area (TPSA) is 51.6 Å². The van der Waals surface area contributed by atoms with Gasteiger partial charge in [0.05, 0.1) is 10.4 Å². The van der Waals surface area contributed by atoms with Crippen LogP contribution in [0.25, 0.3) is 20.6 Å². The first-order valence-electron chi connectivity index (χ1n) is 4.85. The number of aryl methyl sites for hydroxylation is 1. The van der Waals surface area contributed by atoms with Crippen molar-refractivity contribution in [3.05, 3.63) is 23.4 Å². The third kappa shape index (κ3) is 1.36. The van der Waals surface area contributed by atoms with Crippen molar-refractivity contribution in [2.24, 2.45) is 0 Å². The van der Waals surface area contributed by atoms with E-state index in [1.807, 2.05) is 6.92 Å². The summed E-state index contributed by atoms with van der Waals surface area (Å²) in [6, 6.07) is 0. The summed E-state index contributed by atoms with van der Waals surface area (Å²) >= 11 is 7.46. The largest absolute Gasteiger partial charge is 0.250 e. The highest BCUT2D eigenvalue weighted by Gasteiger charge is 2.13. The summed E-state index contributed by atoms with van der Waals surface area (Å²) in [7, 11) is 0. The second-order valence-electron chi connectivity index (χ2n) is 3.28. The van der Waals surface area contributed by atoms with Crippen LogP contribution in [0, 0.1) is 0 Å². The molecule has 0 amide bonds. The van der Waals surface area contributed by atoms with Crippen LogP contribution < -0.4 is 0 Å². The molecule has 3 aromatic rings. The zero-order valence-corrected chi connectivity index (χ0v) is 10.0. The fourth-order valence-corrected chi connectivity index (χ4v) is 2.92. The first kappa shape index (κ1) is 9.86. The van der Waals surface area contributed by atoms with Crippen LogP contribution in [-0.2, 0) is 6.42 Å². The summed E-state index contributed by atoms with van der Waals surface area (Å²) in [5.74, 6) is 0. The van der Waals surface area contributed by atoms with Crippen molar-refractivity contribution >= 4 is 43.5 Å². The van der Waals surface area contributed by atoms with Gasteiger partial charge in [0.15, 0.2) is 0 Å². The summed E-state index contributed by atoms with van der Waals surface area (Å²) in [5, 5.41) is 0.273. The zero-order valence-electron chi connectivity index (χ0n) is 8.44. The summed E-state index contributed by atoms with van der Waals surface area (Å²) in [4.78, 5) is 17.9. The fourth-order valence-electron chi connectivity index (χ4n) is 1.63. The van der Waals surface area contributed by atoms with Crippen LogP contribution >= 0.6 is 22.9 Å². The molecule has 80 valence electrons. The van der Waals surface area contributed by atoms with Crippen LogP contribution in [0.3, 0.4) is 0 Å². The number of hydrogen-bond donors (Lipinski definition) is 0. The van der Waals surface area contributed by atoms with E-state index in [4.69, 9.17) is 11.6 Å². The van der Waals surface area contributed by atoms with Gasteiger partial charge in [-0.25, -0.2) is 19.9 Å². The Hall–Kier alpha value is -1.33. The Bertz CT molecular complexity index is 679. The molecule has 0 atom stereocenters. The molecule has 0 unspecified atom stereocenters. The minimum atomic E-state index is 0.273. The van der Waals surface area contributed by atoms with E-state index in [2.05, 4.69) is 19.9 Å². The van der Waals surface area contributed by atoms with Gasteiger partial charge in [0.1, 0.15) is 15.9 Å². The second-order valence-corrected chi connectivity index (χ2v) is 4.62. The Balaban J connectivity index is 2.54. The molecule has 0 saturated heterocycles.